The van der Waals surface area contributed by atoms with Gasteiger partial charge < -0.3 is 9.32 Å². The smallest absolute Gasteiger partial charge is 0.135 e. The van der Waals surface area contributed by atoms with Gasteiger partial charge in [0.05, 0.1) is 5.41 Å². The maximum atomic E-state index is 6.13. The second-order valence-electron chi connectivity index (χ2n) is 15.1. The molecule has 9 aromatic rings. The van der Waals surface area contributed by atoms with E-state index in [4.69, 9.17) is 4.42 Å². The average Bonchev–Trinajstić information content (AvgIpc) is 3.88. The van der Waals surface area contributed by atoms with Crippen molar-refractivity contribution in [1.82, 2.24) is 0 Å². The predicted molar refractivity (Wildman–Crippen MR) is 228 cm³/mol. The first-order valence-corrected chi connectivity index (χ1v) is 19.3. The van der Waals surface area contributed by atoms with Gasteiger partial charge in [-0.1, -0.05) is 133 Å². The number of allylic oxidation sites excluding steroid dienone is 4. The van der Waals surface area contributed by atoms with Crippen molar-refractivity contribution in [3.63, 3.8) is 0 Å². The van der Waals surface area contributed by atoms with Crippen LogP contribution in [0.1, 0.15) is 35.1 Å². The number of hydrogen-bond acceptors (Lipinski definition) is 2. The summed E-state index contributed by atoms with van der Waals surface area (Å²) < 4.78 is 6.13. The van der Waals surface area contributed by atoms with Crippen LogP contribution in [0.2, 0.25) is 0 Å². The largest absolute Gasteiger partial charge is 0.456 e. The van der Waals surface area contributed by atoms with Gasteiger partial charge in [-0.05, 0) is 134 Å². The van der Waals surface area contributed by atoms with Crippen LogP contribution in [0.5, 0.6) is 0 Å². The van der Waals surface area contributed by atoms with Gasteiger partial charge in [0.2, 0.25) is 0 Å². The van der Waals surface area contributed by atoms with Gasteiger partial charge in [0.15, 0.2) is 0 Å². The third-order valence-electron chi connectivity index (χ3n) is 12.4. The molecule has 0 saturated heterocycles. The summed E-state index contributed by atoms with van der Waals surface area (Å²) in [5.74, 6) is 0. The lowest BCUT2D eigenvalue weighted by Crippen LogP contribution is -2.28. The maximum absolute atomic E-state index is 6.13. The molecule has 0 amide bonds. The first-order valence-electron chi connectivity index (χ1n) is 19.3. The van der Waals surface area contributed by atoms with E-state index in [1.54, 1.807) is 0 Å². The number of rotatable bonds is 4. The zero-order valence-corrected chi connectivity index (χ0v) is 30.2. The molecular formula is C53H35NO. The molecule has 8 aromatic carbocycles. The molecule has 0 saturated carbocycles. The normalized spacial score (nSPS) is 16.5. The summed E-state index contributed by atoms with van der Waals surface area (Å²) in [6, 6.07) is 64.7. The van der Waals surface area contributed by atoms with Crippen molar-refractivity contribution < 1.29 is 4.42 Å². The highest BCUT2D eigenvalue weighted by molar-refractivity contribution is 6.07. The number of hydrogen-bond donors (Lipinski definition) is 0. The fourth-order valence-electron chi connectivity index (χ4n) is 10.1. The highest BCUT2D eigenvalue weighted by atomic mass is 16.3. The topological polar surface area (TPSA) is 16.4 Å². The van der Waals surface area contributed by atoms with Gasteiger partial charge in [-0.15, -0.1) is 0 Å². The first-order chi connectivity index (χ1) is 27.3. The van der Waals surface area contributed by atoms with Crippen molar-refractivity contribution in [3.05, 3.63) is 216 Å². The SMILES string of the molecule is C1=CC2=C(CC1)C1(c3ccccc3-c3ccc(N(c4ccccc4)c4ccc(-c5ccc6oc7ccccc7c6c5)cc4)cc31)c1ccc3ccccc3c12. The Bertz CT molecular complexity index is 3090. The van der Waals surface area contributed by atoms with Crippen LogP contribution in [0.3, 0.4) is 0 Å². The molecule has 0 bridgehead atoms. The summed E-state index contributed by atoms with van der Waals surface area (Å²) in [5, 5.41) is 4.92. The van der Waals surface area contributed by atoms with Crippen molar-refractivity contribution in [1.29, 1.82) is 0 Å². The molecule has 2 nitrogen and oxygen atoms in total. The maximum Gasteiger partial charge on any atom is 0.135 e. The van der Waals surface area contributed by atoms with Crippen molar-refractivity contribution in [2.24, 2.45) is 0 Å². The molecule has 3 aliphatic carbocycles. The zero-order valence-electron chi connectivity index (χ0n) is 30.2. The molecule has 55 heavy (non-hydrogen) atoms. The van der Waals surface area contributed by atoms with Crippen molar-refractivity contribution in [2.45, 2.75) is 18.3 Å². The summed E-state index contributed by atoms with van der Waals surface area (Å²) >= 11 is 0. The molecule has 12 rings (SSSR count). The summed E-state index contributed by atoms with van der Waals surface area (Å²) in [4.78, 5) is 2.42. The van der Waals surface area contributed by atoms with E-state index in [0.29, 0.717) is 0 Å². The Kier molecular flexibility index (Phi) is 6.41. The van der Waals surface area contributed by atoms with Crippen LogP contribution in [0, 0.1) is 0 Å². The zero-order chi connectivity index (χ0) is 36.1. The highest BCUT2D eigenvalue weighted by Gasteiger charge is 2.53. The fraction of sp³-hybridized carbons (Fsp3) is 0.0566. The van der Waals surface area contributed by atoms with Crippen LogP contribution in [0.15, 0.2) is 198 Å². The molecule has 0 aliphatic heterocycles. The number of para-hydroxylation sites is 2. The van der Waals surface area contributed by atoms with Gasteiger partial charge in [-0.2, -0.15) is 0 Å². The van der Waals surface area contributed by atoms with E-state index in [2.05, 4.69) is 181 Å². The number of benzene rings is 8. The molecule has 0 radical (unpaired) electrons. The van der Waals surface area contributed by atoms with E-state index in [-0.39, 0.29) is 5.41 Å². The standard InChI is InChI=1S/C53H35NO/c1-2-13-37(14-3-1)54(38-26-22-34(23-27-38)36-25-31-51-45(32-36)43-17-8-11-21-50(43)55-51)39-28-29-42-41-16-6-9-19-46(41)53(49(42)33-39)47-20-10-7-18-44(47)52-40-15-5-4-12-35(40)24-30-48(52)53/h1-9,11-19,21-33H,10,20H2. The van der Waals surface area contributed by atoms with Gasteiger partial charge in [0, 0.05) is 27.8 Å². The van der Waals surface area contributed by atoms with E-state index >= 15 is 0 Å². The molecular weight excluding hydrogens is 667 g/mol. The molecule has 1 spiro atoms. The number of anilines is 3. The lowest BCUT2D eigenvalue weighted by Gasteiger charge is -2.34. The molecule has 1 atom stereocenters. The minimum atomic E-state index is -0.358. The van der Waals surface area contributed by atoms with Crippen molar-refractivity contribution in [2.75, 3.05) is 4.90 Å². The molecule has 1 heterocycles. The van der Waals surface area contributed by atoms with Crippen molar-refractivity contribution in [3.8, 4) is 22.3 Å². The third kappa shape index (κ3) is 4.25. The monoisotopic (exact) mass is 701 g/mol. The molecule has 1 aromatic heterocycles. The Morgan fingerprint density at radius 3 is 2.09 bits per heavy atom. The Labute approximate surface area is 319 Å². The first kappa shape index (κ1) is 30.6. The van der Waals surface area contributed by atoms with E-state index in [9.17, 15) is 0 Å². The summed E-state index contributed by atoms with van der Waals surface area (Å²) in [6.07, 6.45) is 6.87. The van der Waals surface area contributed by atoms with Crippen LogP contribution in [-0.4, -0.2) is 0 Å². The van der Waals surface area contributed by atoms with E-state index in [0.717, 1.165) is 51.8 Å². The lowest BCUT2D eigenvalue weighted by atomic mass is 9.68. The van der Waals surface area contributed by atoms with Gasteiger partial charge >= 0.3 is 0 Å². The summed E-state index contributed by atoms with van der Waals surface area (Å²) in [7, 11) is 0. The Hall–Kier alpha value is -6.90. The predicted octanol–water partition coefficient (Wildman–Crippen LogP) is 14.3. The minimum absolute atomic E-state index is 0.358. The van der Waals surface area contributed by atoms with Crippen LogP contribution < -0.4 is 4.90 Å². The second kappa shape index (κ2) is 11.5. The lowest BCUT2D eigenvalue weighted by molar-refractivity contribution is 0.669. The Balaban J connectivity index is 1.04. The second-order valence-corrected chi connectivity index (χ2v) is 15.1. The third-order valence-corrected chi connectivity index (χ3v) is 12.4. The fourth-order valence-corrected chi connectivity index (χ4v) is 10.1. The van der Waals surface area contributed by atoms with Gasteiger partial charge in [0.1, 0.15) is 11.2 Å². The van der Waals surface area contributed by atoms with Crippen LogP contribution in [-0.2, 0) is 5.41 Å². The van der Waals surface area contributed by atoms with Gasteiger partial charge in [-0.3, -0.25) is 0 Å². The average molecular weight is 702 g/mol. The number of fused-ring (bicyclic) bond motifs is 14. The number of nitrogens with zero attached hydrogens (tertiary/aromatic N) is 1. The Morgan fingerprint density at radius 2 is 1.18 bits per heavy atom. The molecule has 0 N–H and O–H groups in total. The highest BCUT2D eigenvalue weighted by Crippen LogP contribution is 2.65. The molecule has 0 fully saturated rings. The van der Waals surface area contributed by atoms with E-state index < -0.39 is 0 Å². The molecule has 1 unspecified atom stereocenters. The Morgan fingerprint density at radius 1 is 0.473 bits per heavy atom. The van der Waals surface area contributed by atoms with Crippen LogP contribution >= 0.6 is 0 Å². The van der Waals surface area contributed by atoms with Crippen LogP contribution in [0.4, 0.5) is 17.1 Å². The van der Waals surface area contributed by atoms with E-state index in [1.807, 2.05) is 12.1 Å². The molecule has 258 valence electrons. The summed E-state index contributed by atoms with van der Waals surface area (Å²) in [5.41, 5.74) is 18.4. The quantitative estimate of drug-likeness (QED) is 0.182. The molecule has 2 heteroatoms. The summed E-state index contributed by atoms with van der Waals surface area (Å²) in [6.45, 7) is 0. The van der Waals surface area contributed by atoms with Gasteiger partial charge in [0.25, 0.3) is 0 Å². The van der Waals surface area contributed by atoms with Crippen LogP contribution in [0.25, 0.3) is 60.5 Å². The van der Waals surface area contributed by atoms with E-state index in [1.165, 1.54) is 66.4 Å². The number of furan rings is 1. The minimum Gasteiger partial charge on any atom is -0.456 e. The van der Waals surface area contributed by atoms with Crippen molar-refractivity contribution >= 4 is 55.3 Å². The molecule has 3 aliphatic rings. The van der Waals surface area contributed by atoms with Gasteiger partial charge in [-0.25, -0.2) is 0 Å².